The lowest BCUT2D eigenvalue weighted by atomic mass is 10.2. The van der Waals surface area contributed by atoms with Gasteiger partial charge < -0.3 is 9.47 Å². The van der Waals surface area contributed by atoms with Crippen LogP contribution in [0.2, 0.25) is 0 Å². The van der Waals surface area contributed by atoms with Crippen molar-refractivity contribution in [2.24, 2.45) is 17.0 Å². The van der Waals surface area contributed by atoms with Gasteiger partial charge in [0.05, 0.1) is 13.2 Å². The molecule has 0 saturated carbocycles. The van der Waals surface area contributed by atoms with Crippen molar-refractivity contribution in [3.63, 3.8) is 0 Å². The summed E-state index contributed by atoms with van der Waals surface area (Å²) in [6.07, 6.45) is 0. The van der Waals surface area contributed by atoms with Crippen molar-refractivity contribution in [2.45, 2.75) is 32.6 Å². The quantitative estimate of drug-likeness (QED) is 0.742. The molecule has 0 bridgehead atoms. The molecule has 0 aliphatic rings. The summed E-state index contributed by atoms with van der Waals surface area (Å²) < 4.78 is 33.3. The Morgan fingerprint density at radius 1 is 1.09 bits per heavy atom. The molecule has 1 aromatic heterocycles. The molecule has 130 valence electrons. The number of esters is 2. The highest BCUT2D eigenvalue weighted by Crippen LogP contribution is 2.27. The van der Waals surface area contributed by atoms with Crippen LogP contribution in [0, 0.1) is 11.8 Å². The molecule has 9 heteroatoms. The Kier molecular flexibility index (Phi) is 6.72. The third-order valence-corrected chi connectivity index (χ3v) is 4.65. The van der Waals surface area contributed by atoms with Gasteiger partial charge in [-0.15, -0.1) is 11.3 Å². The Balaban J connectivity index is 3.09. The number of primary sulfonamides is 1. The maximum absolute atomic E-state index is 12.0. The van der Waals surface area contributed by atoms with E-state index >= 15 is 0 Å². The van der Waals surface area contributed by atoms with Crippen LogP contribution in [0.15, 0.2) is 11.0 Å². The average Bonchev–Trinajstić information content (AvgIpc) is 2.87. The molecular weight excluding hydrogens is 342 g/mol. The Morgan fingerprint density at radius 3 is 2.00 bits per heavy atom. The van der Waals surface area contributed by atoms with Crippen molar-refractivity contribution >= 4 is 33.3 Å². The number of thiophene rings is 1. The molecule has 23 heavy (non-hydrogen) atoms. The second kappa shape index (κ2) is 7.89. The Labute approximate surface area is 139 Å². The van der Waals surface area contributed by atoms with E-state index in [1.54, 1.807) is 0 Å². The van der Waals surface area contributed by atoms with Crippen LogP contribution in [0.3, 0.4) is 0 Å². The van der Waals surface area contributed by atoms with Gasteiger partial charge in [-0.3, -0.25) is 0 Å². The predicted octanol–water partition coefficient (Wildman–Crippen LogP) is 2.02. The molecule has 0 saturated heterocycles. The molecule has 1 rings (SSSR count). The van der Waals surface area contributed by atoms with Gasteiger partial charge in [0.15, 0.2) is 0 Å². The van der Waals surface area contributed by atoms with Gasteiger partial charge in [0, 0.05) is 0 Å². The maximum Gasteiger partial charge on any atom is 0.349 e. The van der Waals surface area contributed by atoms with E-state index < -0.39 is 26.9 Å². The number of carbonyl (C=O) groups is 2. The summed E-state index contributed by atoms with van der Waals surface area (Å²) in [7, 11) is -4.16. The lowest BCUT2D eigenvalue weighted by molar-refractivity contribution is 0.0455. The zero-order chi connectivity index (χ0) is 17.8. The SMILES string of the molecule is CC(C)COC(=O)c1cc(S(N)(=O)=O)c(C(=O)OCC(C)C)s1. The molecule has 0 aliphatic carbocycles. The first-order chi connectivity index (χ1) is 10.5. The van der Waals surface area contributed by atoms with E-state index in [1.807, 2.05) is 27.7 Å². The smallest absolute Gasteiger partial charge is 0.349 e. The van der Waals surface area contributed by atoms with E-state index in [0.29, 0.717) is 11.3 Å². The van der Waals surface area contributed by atoms with Crippen LogP contribution in [0.25, 0.3) is 0 Å². The molecule has 0 atom stereocenters. The van der Waals surface area contributed by atoms with E-state index in [-0.39, 0.29) is 34.8 Å². The number of carbonyl (C=O) groups excluding carboxylic acids is 2. The first-order valence-corrected chi connectivity index (χ1v) is 9.39. The lowest BCUT2D eigenvalue weighted by Crippen LogP contribution is -2.17. The zero-order valence-electron chi connectivity index (χ0n) is 13.5. The molecule has 2 N–H and O–H groups in total. The molecule has 0 spiro atoms. The molecule has 0 aromatic carbocycles. The number of hydrogen-bond acceptors (Lipinski definition) is 7. The maximum atomic E-state index is 12.0. The number of rotatable bonds is 7. The molecule has 0 amide bonds. The van der Waals surface area contributed by atoms with Crippen LogP contribution >= 0.6 is 11.3 Å². The number of nitrogens with two attached hydrogens (primary N) is 1. The minimum Gasteiger partial charge on any atom is -0.461 e. The Morgan fingerprint density at radius 2 is 1.57 bits per heavy atom. The van der Waals surface area contributed by atoms with E-state index in [0.717, 1.165) is 6.07 Å². The summed E-state index contributed by atoms with van der Waals surface area (Å²) >= 11 is 0.698. The van der Waals surface area contributed by atoms with E-state index in [1.165, 1.54) is 0 Å². The molecule has 0 unspecified atom stereocenters. The first-order valence-electron chi connectivity index (χ1n) is 7.03. The van der Waals surface area contributed by atoms with Gasteiger partial charge in [0.1, 0.15) is 14.6 Å². The summed E-state index contributed by atoms with van der Waals surface area (Å²) in [4.78, 5) is 23.3. The minimum atomic E-state index is -4.16. The molecule has 1 heterocycles. The molecule has 0 fully saturated rings. The summed E-state index contributed by atoms with van der Waals surface area (Å²) in [6.45, 7) is 7.74. The van der Waals surface area contributed by atoms with Gasteiger partial charge in [-0.05, 0) is 17.9 Å². The van der Waals surface area contributed by atoms with Gasteiger partial charge >= 0.3 is 11.9 Å². The fraction of sp³-hybridized carbons (Fsp3) is 0.571. The van der Waals surface area contributed by atoms with Crippen LogP contribution in [-0.4, -0.2) is 33.6 Å². The van der Waals surface area contributed by atoms with Gasteiger partial charge in [-0.1, -0.05) is 27.7 Å². The van der Waals surface area contributed by atoms with E-state index in [2.05, 4.69) is 0 Å². The molecule has 1 aromatic rings. The summed E-state index contributed by atoms with van der Waals surface area (Å²) in [5, 5.41) is 5.11. The van der Waals surface area contributed by atoms with Crippen molar-refractivity contribution in [1.82, 2.24) is 0 Å². The normalized spacial score (nSPS) is 11.8. The zero-order valence-corrected chi connectivity index (χ0v) is 15.1. The Bertz CT molecular complexity index is 675. The number of sulfonamides is 1. The topological polar surface area (TPSA) is 113 Å². The lowest BCUT2D eigenvalue weighted by Gasteiger charge is -2.06. The first kappa shape index (κ1) is 19.6. The van der Waals surface area contributed by atoms with Gasteiger partial charge in [0.25, 0.3) is 0 Å². The largest absolute Gasteiger partial charge is 0.461 e. The van der Waals surface area contributed by atoms with E-state index in [9.17, 15) is 18.0 Å². The van der Waals surface area contributed by atoms with Crippen molar-refractivity contribution in [2.75, 3.05) is 13.2 Å². The van der Waals surface area contributed by atoms with Crippen LogP contribution in [0.5, 0.6) is 0 Å². The highest BCUT2D eigenvalue weighted by atomic mass is 32.2. The highest BCUT2D eigenvalue weighted by molar-refractivity contribution is 7.89. The third-order valence-electron chi connectivity index (χ3n) is 2.49. The third kappa shape index (κ3) is 5.92. The second-order valence-electron chi connectivity index (χ2n) is 5.83. The van der Waals surface area contributed by atoms with Crippen LogP contribution in [0.1, 0.15) is 47.0 Å². The summed E-state index contributed by atoms with van der Waals surface area (Å²) in [5.41, 5.74) is 0. The Hall–Kier alpha value is -1.45. The fourth-order valence-electron chi connectivity index (χ4n) is 1.45. The predicted molar refractivity (Wildman–Crippen MR) is 85.9 cm³/mol. The monoisotopic (exact) mass is 363 g/mol. The van der Waals surface area contributed by atoms with Crippen LogP contribution in [0.4, 0.5) is 0 Å². The van der Waals surface area contributed by atoms with Crippen LogP contribution < -0.4 is 5.14 Å². The molecular formula is C14H21NO6S2. The van der Waals surface area contributed by atoms with E-state index in [4.69, 9.17) is 14.6 Å². The highest BCUT2D eigenvalue weighted by Gasteiger charge is 2.27. The summed E-state index contributed by atoms with van der Waals surface area (Å²) in [6, 6.07) is 1.05. The number of ether oxygens (including phenoxy) is 2. The second-order valence-corrected chi connectivity index (χ2v) is 8.42. The average molecular weight is 363 g/mol. The van der Waals surface area contributed by atoms with Gasteiger partial charge in [-0.2, -0.15) is 0 Å². The van der Waals surface area contributed by atoms with Gasteiger partial charge in [-0.25, -0.2) is 23.1 Å². The minimum absolute atomic E-state index is 0.00817. The van der Waals surface area contributed by atoms with Gasteiger partial charge in [0.2, 0.25) is 10.0 Å². The van der Waals surface area contributed by atoms with Crippen molar-refractivity contribution in [3.8, 4) is 0 Å². The molecule has 7 nitrogen and oxygen atoms in total. The van der Waals surface area contributed by atoms with Crippen molar-refractivity contribution in [3.05, 3.63) is 15.8 Å². The summed E-state index contributed by atoms with van der Waals surface area (Å²) in [5.74, 6) is -1.30. The number of hydrogen-bond donors (Lipinski definition) is 1. The van der Waals surface area contributed by atoms with Crippen molar-refractivity contribution in [1.29, 1.82) is 0 Å². The van der Waals surface area contributed by atoms with Crippen molar-refractivity contribution < 1.29 is 27.5 Å². The standard InChI is InChI=1S/C14H21NO6S2/c1-8(2)6-20-13(16)10-5-11(23(15,18)19)12(22-10)14(17)21-7-9(3)4/h5,8-9H,6-7H2,1-4H3,(H2,15,18,19). The molecule has 0 aliphatic heterocycles. The fourth-order valence-corrected chi connectivity index (χ4v) is 3.46. The van der Waals surface area contributed by atoms with Crippen LogP contribution in [-0.2, 0) is 19.5 Å². The molecule has 0 radical (unpaired) electrons.